The molecule has 156 valence electrons. The first-order chi connectivity index (χ1) is 15.1. The molecule has 0 fully saturated rings. The van der Waals surface area contributed by atoms with Gasteiger partial charge in [0.1, 0.15) is 5.82 Å². The van der Waals surface area contributed by atoms with Crippen LogP contribution < -0.4 is 5.32 Å². The molecule has 0 saturated heterocycles. The van der Waals surface area contributed by atoms with E-state index in [-0.39, 0.29) is 17.6 Å². The third-order valence-electron chi connectivity index (χ3n) is 5.54. The molecule has 0 saturated carbocycles. The standard InChI is InChI=1S/C26H25N3O2/c1-3-17(4-2)26(31)27-21-12-8-11-20(15-21)25-28-22-14-13-19(16-23(22)29-25)24(30)18-9-6-5-7-10-18/h5-17H,3-4H2,1-2H3,(H,27,31)(H,28,29). The largest absolute Gasteiger partial charge is 0.338 e. The van der Waals surface area contributed by atoms with Crippen LogP contribution >= 0.6 is 0 Å². The number of nitrogens with one attached hydrogen (secondary N) is 2. The Kier molecular flexibility index (Phi) is 5.94. The summed E-state index contributed by atoms with van der Waals surface area (Å²) in [6.07, 6.45) is 1.63. The fraction of sp³-hybridized carbons (Fsp3) is 0.192. The number of ketones is 1. The summed E-state index contributed by atoms with van der Waals surface area (Å²) in [6.45, 7) is 4.05. The molecule has 3 aromatic carbocycles. The van der Waals surface area contributed by atoms with Gasteiger partial charge in [0.05, 0.1) is 11.0 Å². The Balaban J connectivity index is 1.60. The lowest BCUT2D eigenvalue weighted by Gasteiger charge is -2.13. The summed E-state index contributed by atoms with van der Waals surface area (Å²) in [5.74, 6) is 0.717. The maximum absolute atomic E-state index is 12.7. The third-order valence-corrected chi connectivity index (χ3v) is 5.54. The Morgan fingerprint density at radius 3 is 2.42 bits per heavy atom. The average molecular weight is 412 g/mol. The molecule has 0 atom stereocenters. The molecule has 0 aliphatic carbocycles. The molecule has 1 amide bonds. The molecule has 5 heteroatoms. The number of aromatic amines is 1. The Morgan fingerprint density at radius 2 is 1.68 bits per heavy atom. The number of hydrogen-bond acceptors (Lipinski definition) is 3. The Labute approximate surface area is 181 Å². The van der Waals surface area contributed by atoms with Crippen LogP contribution in [0.15, 0.2) is 72.8 Å². The van der Waals surface area contributed by atoms with E-state index in [0.717, 1.165) is 35.1 Å². The van der Waals surface area contributed by atoms with E-state index < -0.39 is 0 Å². The first kappa shape index (κ1) is 20.5. The van der Waals surface area contributed by atoms with Crippen LogP contribution in [0.5, 0.6) is 0 Å². The van der Waals surface area contributed by atoms with Crippen LogP contribution in [-0.2, 0) is 4.79 Å². The number of imidazole rings is 1. The molecule has 0 radical (unpaired) electrons. The number of rotatable bonds is 7. The second kappa shape index (κ2) is 8.96. The lowest BCUT2D eigenvalue weighted by atomic mass is 10.0. The van der Waals surface area contributed by atoms with Crippen molar-refractivity contribution >= 4 is 28.4 Å². The van der Waals surface area contributed by atoms with E-state index in [1.807, 2.05) is 80.6 Å². The van der Waals surface area contributed by atoms with Gasteiger partial charge >= 0.3 is 0 Å². The number of anilines is 1. The highest BCUT2D eigenvalue weighted by Crippen LogP contribution is 2.25. The van der Waals surface area contributed by atoms with Gasteiger partial charge in [-0.05, 0) is 43.2 Å². The van der Waals surface area contributed by atoms with Gasteiger partial charge in [-0.2, -0.15) is 0 Å². The Bertz CT molecular complexity index is 1220. The van der Waals surface area contributed by atoms with E-state index in [9.17, 15) is 9.59 Å². The molecule has 4 aromatic rings. The average Bonchev–Trinajstić information content (AvgIpc) is 3.24. The Hall–Kier alpha value is -3.73. The van der Waals surface area contributed by atoms with Gasteiger partial charge in [-0.15, -0.1) is 0 Å². The van der Waals surface area contributed by atoms with Crippen molar-refractivity contribution in [3.05, 3.63) is 83.9 Å². The van der Waals surface area contributed by atoms with Crippen molar-refractivity contribution in [1.82, 2.24) is 9.97 Å². The van der Waals surface area contributed by atoms with Crippen molar-refractivity contribution in [3.8, 4) is 11.4 Å². The SMILES string of the molecule is CCC(CC)C(=O)Nc1cccc(-c2nc3ccc(C(=O)c4ccccc4)cc3[nH]2)c1. The van der Waals surface area contributed by atoms with Crippen LogP contribution in [0.1, 0.15) is 42.6 Å². The first-order valence-electron chi connectivity index (χ1n) is 10.6. The minimum Gasteiger partial charge on any atom is -0.338 e. The van der Waals surface area contributed by atoms with E-state index in [2.05, 4.69) is 15.3 Å². The molecular weight excluding hydrogens is 386 g/mol. The summed E-state index contributed by atoms with van der Waals surface area (Å²) >= 11 is 0. The van der Waals surface area contributed by atoms with Crippen LogP contribution in [0, 0.1) is 5.92 Å². The topological polar surface area (TPSA) is 74.8 Å². The molecule has 1 heterocycles. The highest BCUT2D eigenvalue weighted by atomic mass is 16.2. The predicted molar refractivity (Wildman–Crippen MR) is 124 cm³/mol. The van der Waals surface area contributed by atoms with Gasteiger partial charge < -0.3 is 10.3 Å². The van der Waals surface area contributed by atoms with E-state index >= 15 is 0 Å². The molecule has 1 aromatic heterocycles. The number of carbonyl (C=O) groups excluding carboxylic acids is 2. The zero-order chi connectivity index (χ0) is 21.8. The van der Waals surface area contributed by atoms with Crippen LogP contribution in [0.4, 0.5) is 5.69 Å². The number of fused-ring (bicyclic) bond motifs is 1. The lowest BCUT2D eigenvalue weighted by molar-refractivity contribution is -0.120. The van der Waals surface area contributed by atoms with Gasteiger partial charge in [0.2, 0.25) is 5.91 Å². The maximum atomic E-state index is 12.7. The number of H-pyrrole nitrogens is 1. The van der Waals surface area contributed by atoms with Crippen LogP contribution in [-0.4, -0.2) is 21.7 Å². The summed E-state index contributed by atoms with van der Waals surface area (Å²) in [7, 11) is 0. The fourth-order valence-electron chi connectivity index (χ4n) is 3.69. The van der Waals surface area contributed by atoms with Crippen LogP contribution in [0.2, 0.25) is 0 Å². The van der Waals surface area contributed by atoms with Gasteiger partial charge in [-0.1, -0.05) is 56.3 Å². The molecule has 2 N–H and O–H groups in total. The zero-order valence-electron chi connectivity index (χ0n) is 17.7. The molecule has 0 aliphatic rings. The third kappa shape index (κ3) is 4.40. The highest BCUT2D eigenvalue weighted by molar-refractivity contribution is 6.10. The summed E-state index contributed by atoms with van der Waals surface area (Å²) in [6, 6.07) is 22.3. The van der Waals surface area contributed by atoms with Gasteiger partial charge in [-0.3, -0.25) is 9.59 Å². The summed E-state index contributed by atoms with van der Waals surface area (Å²) in [5.41, 5.74) is 4.46. The van der Waals surface area contributed by atoms with Gasteiger partial charge in [0, 0.05) is 28.3 Å². The van der Waals surface area contributed by atoms with Crippen LogP contribution in [0.25, 0.3) is 22.4 Å². The molecule has 4 rings (SSSR count). The minimum absolute atomic E-state index is 0.00966. The monoisotopic (exact) mass is 411 g/mol. The van der Waals surface area contributed by atoms with Crippen molar-refractivity contribution in [2.24, 2.45) is 5.92 Å². The number of amides is 1. The molecule has 0 aliphatic heterocycles. The van der Waals surface area contributed by atoms with Crippen molar-refractivity contribution in [2.45, 2.75) is 26.7 Å². The number of carbonyl (C=O) groups is 2. The summed E-state index contributed by atoms with van der Waals surface area (Å²) in [5, 5.41) is 3.00. The smallest absolute Gasteiger partial charge is 0.227 e. The highest BCUT2D eigenvalue weighted by Gasteiger charge is 2.15. The molecule has 0 bridgehead atoms. The normalized spacial score (nSPS) is 11.1. The van der Waals surface area contributed by atoms with Gasteiger partial charge in [0.25, 0.3) is 0 Å². The number of nitrogens with zero attached hydrogens (tertiary/aromatic N) is 1. The van der Waals surface area contributed by atoms with Gasteiger partial charge in [0.15, 0.2) is 5.78 Å². The predicted octanol–water partition coefficient (Wildman–Crippen LogP) is 5.84. The molecular formula is C26H25N3O2. The van der Waals surface area contributed by atoms with Crippen molar-refractivity contribution in [2.75, 3.05) is 5.32 Å². The quantitative estimate of drug-likeness (QED) is 0.375. The van der Waals surface area contributed by atoms with Crippen molar-refractivity contribution < 1.29 is 9.59 Å². The summed E-state index contributed by atoms with van der Waals surface area (Å²) < 4.78 is 0. The summed E-state index contributed by atoms with van der Waals surface area (Å²) in [4.78, 5) is 33.1. The number of aromatic nitrogens is 2. The van der Waals surface area contributed by atoms with Gasteiger partial charge in [-0.25, -0.2) is 4.98 Å². The first-order valence-corrected chi connectivity index (χ1v) is 10.6. The van der Waals surface area contributed by atoms with Crippen LogP contribution in [0.3, 0.4) is 0 Å². The van der Waals surface area contributed by atoms with Crippen molar-refractivity contribution in [3.63, 3.8) is 0 Å². The van der Waals surface area contributed by atoms with E-state index in [1.165, 1.54) is 0 Å². The molecule has 0 unspecified atom stereocenters. The van der Waals surface area contributed by atoms with E-state index in [1.54, 1.807) is 6.07 Å². The zero-order valence-corrected chi connectivity index (χ0v) is 17.7. The molecule has 31 heavy (non-hydrogen) atoms. The lowest BCUT2D eigenvalue weighted by Crippen LogP contribution is -2.21. The molecule has 5 nitrogen and oxygen atoms in total. The second-order valence-electron chi connectivity index (χ2n) is 7.60. The Morgan fingerprint density at radius 1 is 0.903 bits per heavy atom. The second-order valence-corrected chi connectivity index (χ2v) is 7.60. The number of hydrogen-bond donors (Lipinski definition) is 2. The fourth-order valence-corrected chi connectivity index (χ4v) is 3.69. The maximum Gasteiger partial charge on any atom is 0.227 e. The van der Waals surface area contributed by atoms with E-state index in [0.29, 0.717) is 17.0 Å². The van der Waals surface area contributed by atoms with Crippen molar-refractivity contribution in [1.29, 1.82) is 0 Å². The minimum atomic E-state index is -0.0234. The van der Waals surface area contributed by atoms with E-state index in [4.69, 9.17) is 0 Å². The number of benzene rings is 3. The molecule has 0 spiro atoms.